The van der Waals surface area contributed by atoms with E-state index in [1.165, 1.54) is 12.8 Å². The molecule has 0 bridgehead atoms. The highest BCUT2D eigenvalue weighted by Gasteiger charge is 2.21. The summed E-state index contributed by atoms with van der Waals surface area (Å²) < 4.78 is 0. The van der Waals surface area contributed by atoms with Crippen LogP contribution in [0.3, 0.4) is 0 Å². The van der Waals surface area contributed by atoms with E-state index < -0.39 is 0 Å². The van der Waals surface area contributed by atoms with E-state index in [1.54, 1.807) is 6.20 Å². The van der Waals surface area contributed by atoms with Gasteiger partial charge in [-0.05, 0) is 31.9 Å². The number of rotatable bonds is 2. The van der Waals surface area contributed by atoms with Crippen LogP contribution in [0.4, 0.5) is 0 Å². The molecule has 1 heterocycles. The maximum Gasteiger partial charge on any atom is 0.144 e. The SMILES string of the molecule is Cc1ccc(C(=NC2CC2)NN)cn1. The Morgan fingerprint density at radius 2 is 2.36 bits per heavy atom. The zero-order chi connectivity index (χ0) is 9.97. The van der Waals surface area contributed by atoms with Gasteiger partial charge in [0.15, 0.2) is 0 Å². The third-order valence-corrected chi connectivity index (χ3v) is 2.18. The number of hydrogen-bond donors (Lipinski definition) is 2. The summed E-state index contributed by atoms with van der Waals surface area (Å²) in [4.78, 5) is 8.65. The first kappa shape index (κ1) is 9.15. The number of nitrogens with zero attached hydrogens (tertiary/aromatic N) is 2. The zero-order valence-electron chi connectivity index (χ0n) is 8.20. The molecule has 74 valence electrons. The maximum atomic E-state index is 5.41. The molecule has 0 spiro atoms. The molecule has 1 aliphatic rings. The fourth-order valence-corrected chi connectivity index (χ4v) is 1.19. The predicted molar refractivity (Wildman–Crippen MR) is 55.9 cm³/mol. The van der Waals surface area contributed by atoms with Crippen molar-refractivity contribution in [3.8, 4) is 0 Å². The third kappa shape index (κ3) is 2.09. The molecule has 0 atom stereocenters. The molecule has 4 heteroatoms. The van der Waals surface area contributed by atoms with Crippen LogP contribution < -0.4 is 11.3 Å². The first-order valence-corrected chi connectivity index (χ1v) is 4.77. The number of pyridine rings is 1. The molecule has 1 aromatic rings. The molecule has 2 rings (SSSR count). The number of aryl methyl sites for hydroxylation is 1. The number of nitrogens with one attached hydrogen (secondary N) is 1. The molecule has 4 nitrogen and oxygen atoms in total. The molecule has 14 heavy (non-hydrogen) atoms. The Morgan fingerprint density at radius 1 is 1.57 bits per heavy atom. The summed E-state index contributed by atoms with van der Waals surface area (Å²) in [5, 5.41) is 0. The van der Waals surface area contributed by atoms with Crippen LogP contribution in [-0.4, -0.2) is 16.9 Å². The van der Waals surface area contributed by atoms with Crippen LogP contribution in [-0.2, 0) is 0 Å². The number of hydrogen-bond acceptors (Lipinski definition) is 3. The number of nitrogens with two attached hydrogens (primary N) is 1. The van der Waals surface area contributed by atoms with Crippen LogP contribution >= 0.6 is 0 Å². The Labute approximate surface area is 83.2 Å². The van der Waals surface area contributed by atoms with Gasteiger partial charge in [-0.2, -0.15) is 0 Å². The number of amidine groups is 1. The van der Waals surface area contributed by atoms with E-state index in [0.717, 1.165) is 17.1 Å². The standard InChI is InChI=1S/C10H14N4/c1-7-2-3-8(6-12-7)10(14-11)13-9-4-5-9/h2-3,6,9H,4-5,11H2,1H3,(H,13,14). The summed E-state index contributed by atoms with van der Waals surface area (Å²) >= 11 is 0. The summed E-state index contributed by atoms with van der Waals surface area (Å²) in [5.41, 5.74) is 4.57. The Kier molecular flexibility index (Phi) is 2.45. The lowest BCUT2D eigenvalue weighted by molar-refractivity contribution is 0.968. The van der Waals surface area contributed by atoms with Crippen LogP contribution in [0.25, 0.3) is 0 Å². The fourth-order valence-electron chi connectivity index (χ4n) is 1.19. The second-order valence-electron chi connectivity index (χ2n) is 3.54. The quantitative estimate of drug-likeness (QED) is 0.313. The predicted octanol–water partition coefficient (Wildman–Crippen LogP) is 0.762. The Balaban J connectivity index is 2.22. The van der Waals surface area contributed by atoms with Crippen molar-refractivity contribution in [2.45, 2.75) is 25.8 Å². The van der Waals surface area contributed by atoms with Gasteiger partial charge in [0.05, 0.1) is 6.04 Å². The molecule has 1 aromatic heterocycles. The molecule has 3 N–H and O–H groups in total. The molecule has 0 radical (unpaired) electrons. The number of aliphatic imine (C=N–C) groups is 1. The van der Waals surface area contributed by atoms with Gasteiger partial charge in [0.2, 0.25) is 0 Å². The van der Waals surface area contributed by atoms with Crippen LogP contribution in [0, 0.1) is 6.92 Å². The topological polar surface area (TPSA) is 63.3 Å². The normalized spacial score (nSPS) is 16.9. The smallest absolute Gasteiger partial charge is 0.144 e. The van der Waals surface area contributed by atoms with E-state index in [2.05, 4.69) is 15.4 Å². The summed E-state index contributed by atoms with van der Waals surface area (Å²) in [7, 11) is 0. The maximum absolute atomic E-state index is 5.41. The van der Waals surface area contributed by atoms with Crippen LogP contribution in [0.15, 0.2) is 23.3 Å². The lowest BCUT2D eigenvalue weighted by Gasteiger charge is -2.04. The van der Waals surface area contributed by atoms with Crippen LogP contribution in [0.2, 0.25) is 0 Å². The highest BCUT2D eigenvalue weighted by molar-refractivity contribution is 5.98. The van der Waals surface area contributed by atoms with E-state index in [0.29, 0.717) is 6.04 Å². The largest absolute Gasteiger partial charge is 0.308 e. The molecule has 1 aliphatic carbocycles. The van der Waals surface area contributed by atoms with Gasteiger partial charge in [0.25, 0.3) is 0 Å². The molecule has 0 aromatic carbocycles. The monoisotopic (exact) mass is 190 g/mol. The van der Waals surface area contributed by atoms with Gasteiger partial charge in [0.1, 0.15) is 5.84 Å². The molecular formula is C10H14N4. The van der Waals surface area contributed by atoms with E-state index in [-0.39, 0.29) is 0 Å². The van der Waals surface area contributed by atoms with Crippen molar-refractivity contribution in [2.75, 3.05) is 0 Å². The average Bonchev–Trinajstić information content (AvgIpc) is 3.00. The molecule has 0 unspecified atom stereocenters. The van der Waals surface area contributed by atoms with Gasteiger partial charge >= 0.3 is 0 Å². The van der Waals surface area contributed by atoms with Gasteiger partial charge in [0, 0.05) is 17.5 Å². The van der Waals surface area contributed by atoms with Gasteiger partial charge in [-0.1, -0.05) is 0 Å². The van der Waals surface area contributed by atoms with Crippen molar-refractivity contribution < 1.29 is 0 Å². The first-order chi connectivity index (χ1) is 6.79. The number of hydrazine groups is 1. The summed E-state index contributed by atoms with van der Waals surface area (Å²) in [6, 6.07) is 4.39. The minimum Gasteiger partial charge on any atom is -0.308 e. The Morgan fingerprint density at radius 3 is 2.86 bits per heavy atom. The minimum atomic E-state index is 0.461. The highest BCUT2D eigenvalue weighted by atomic mass is 15.3. The summed E-state index contributed by atoms with van der Waals surface area (Å²) in [6.07, 6.45) is 4.13. The van der Waals surface area contributed by atoms with Crippen LogP contribution in [0.1, 0.15) is 24.1 Å². The summed E-state index contributed by atoms with van der Waals surface area (Å²) in [5.74, 6) is 6.15. The average molecular weight is 190 g/mol. The van der Waals surface area contributed by atoms with Gasteiger partial charge < -0.3 is 5.43 Å². The zero-order valence-corrected chi connectivity index (χ0v) is 8.20. The Bertz CT molecular complexity index is 338. The van der Waals surface area contributed by atoms with Crippen molar-refractivity contribution in [1.82, 2.24) is 10.4 Å². The van der Waals surface area contributed by atoms with E-state index in [9.17, 15) is 0 Å². The van der Waals surface area contributed by atoms with E-state index in [4.69, 9.17) is 5.84 Å². The fraction of sp³-hybridized carbons (Fsp3) is 0.400. The van der Waals surface area contributed by atoms with Gasteiger partial charge in [-0.25, -0.2) is 5.84 Å². The first-order valence-electron chi connectivity index (χ1n) is 4.77. The van der Waals surface area contributed by atoms with E-state index >= 15 is 0 Å². The lowest BCUT2D eigenvalue weighted by Crippen LogP contribution is -2.31. The van der Waals surface area contributed by atoms with E-state index in [1.807, 2.05) is 19.1 Å². The molecule has 1 fully saturated rings. The lowest BCUT2D eigenvalue weighted by atomic mass is 10.2. The summed E-state index contributed by atoms with van der Waals surface area (Å²) in [6.45, 7) is 1.96. The van der Waals surface area contributed by atoms with Crippen molar-refractivity contribution in [3.05, 3.63) is 29.6 Å². The molecule has 1 saturated carbocycles. The minimum absolute atomic E-state index is 0.461. The molecular weight excluding hydrogens is 176 g/mol. The molecule has 0 amide bonds. The molecule has 0 saturated heterocycles. The second-order valence-corrected chi connectivity index (χ2v) is 3.54. The third-order valence-electron chi connectivity index (χ3n) is 2.18. The highest BCUT2D eigenvalue weighted by Crippen LogP contribution is 2.23. The number of aromatic nitrogens is 1. The van der Waals surface area contributed by atoms with Gasteiger partial charge in [-0.15, -0.1) is 0 Å². The second kappa shape index (κ2) is 3.75. The molecule has 0 aliphatic heterocycles. The van der Waals surface area contributed by atoms with Crippen molar-refractivity contribution in [2.24, 2.45) is 10.8 Å². The van der Waals surface area contributed by atoms with Crippen molar-refractivity contribution >= 4 is 5.84 Å². The van der Waals surface area contributed by atoms with Crippen molar-refractivity contribution in [1.29, 1.82) is 0 Å². The van der Waals surface area contributed by atoms with Crippen molar-refractivity contribution in [3.63, 3.8) is 0 Å². The Hall–Kier alpha value is -1.42. The van der Waals surface area contributed by atoms with Crippen LogP contribution in [0.5, 0.6) is 0 Å². The van der Waals surface area contributed by atoms with Gasteiger partial charge in [-0.3, -0.25) is 9.98 Å².